The van der Waals surface area contributed by atoms with Crippen LogP contribution in [0.15, 0.2) is 67.4 Å². The zero-order valence-corrected chi connectivity index (χ0v) is 14.3. The molecule has 5 nitrogen and oxygen atoms in total. The molecule has 0 saturated carbocycles. The Hall–Kier alpha value is -2.95. The van der Waals surface area contributed by atoms with Crippen LogP contribution in [-0.2, 0) is 13.0 Å². The maximum atomic E-state index is 13.0. The first kappa shape index (κ1) is 16.9. The standard InChI is InChI=1S/C20H22N4O/c1-16(7-8-17-5-3-2-4-6-17)24(14-19-13-22-15-23-19)20(25)18-9-11-21-12-10-18/h2-6,9-13,15-16H,7-8,14H2,1H3,(H,22,23). The van der Waals surface area contributed by atoms with Crippen molar-refractivity contribution in [3.63, 3.8) is 0 Å². The molecule has 0 radical (unpaired) electrons. The van der Waals surface area contributed by atoms with E-state index < -0.39 is 0 Å². The van der Waals surface area contributed by atoms with Crippen molar-refractivity contribution in [2.45, 2.75) is 32.4 Å². The number of aromatic nitrogens is 3. The van der Waals surface area contributed by atoms with Crippen molar-refractivity contribution >= 4 is 5.91 Å². The molecule has 2 aromatic heterocycles. The Morgan fingerprint density at radius 1 is 1.12 bits per heavy atom. The number of nitrogens with one attached hydrogen (secondary N) is 1. The van der Waals surface area contributed by atoms with Crippen LogP contribution in [0, 0.1) is 0 Å². The van der Waals surface area contributed by atoms with E-state index in [9.17, 15) is 4.79 Å². The molecular formula is C20H22N4O. The van der Waals surface area contributed by atoms with Crippen molar-refractivity contribution in [2.75, 3.05) is 0 Å². The third kappa shape index (κ3) is 4.53. The van der Waals surface area contributed by atoms with Crippen LogP contribution in [0.4, 0.5) is 0 Å². The number of hydrogen-bond acceptors (Lipinski definition) is 3. The number of H-pyrrole nitrogens is 1. The quantitative estimate of drug-likeness (QED) is 0.720. The molecule has 1 N–H and O–H groups in total. The van der Waals surface area contributed by atoms with E-state index in [1.54, 1.807) is 37.1 Å². The van der Waals surface area contributed by atoms with Gasteiger partial charge in [-0.05, 0) is 37.5 Å². The number of pyridine rings is 1. The average molecular weight is 334 g/mol. The summed E-state index contributed by atoms with van der Waals surface area (Å²) in [5, 5.41) is 0. The summed E-state index contributed by atoms with van der Waals surface area (Å²) in [4.78, 5) is 26.0. The van der Waals surface area contributed by atoms with Crippen LogP contribution in [0.5, 0.6) is 0 Å². The van der Waals surface area contributed by atoms with E-state index in [1.807, 2.05) is 23.1 Å². The first-order valence-electron chi connectivity index (χ1n) is 8.46. The Morgan fingerprint density at radius 2 is 1.88 bits per heavy atom. The second kappa shape index (κ2) is 8.24. The highest BCUT2D eigenvalue weighted by Crippen LogP contribution is 2.16. The Balaban J connectivity index is 1.74. The van der Waals surface area contributed by atoms with E-state index in [1.165, 1.54) is 5.56 Å². The number of aromatic amines is 1. The topological polar surface area (TPSA) is 61.9 Å². The normalized spacial score (nSPS) is 11.9. The van der Waals surface area contributed by atoms with Gasteiger partial charge in [0.2, 0.25) is 0 Å². The third-order valence-corrected chi connectivity index (χ3v) is 4.31. The van der Waals surface area contributed by atoms with Gasteiger partial charge in [0.25, 0.3) is 5.91 Å². The van der Waals surface area contributed by atoms with Crippen molar-refractivity contribution in [3.8, 4) is 0 Å². The Morgan fingerprint density at radius 3 is 2.56 bits per heavy atom. The molecule has 0 fully saturated rings. The first-order valence-corrected chi connectivity index (χ1v) is 8.46. The van der Waals surface area contributed by atoms with E-state index in [2.05, 4.69) is 34.0 Å². The van der Waals surface area contributed by atoms with Crippen molar-refractivity contribution in [1.29, 1.82) is 0 Å². The van der Waals surface area contributed by atoms with E-state index >= 15 is 0 Å². The summed E-state index contributed by atoms with van der Waals surface area (Å²) in [5.41, 5.74) is 2.86. The summed E-state index contributed by atoms with van der Waals surface area (Å²) < 4.78 is 0. The Kier molecular flexibility index (Phi) is 5.57. The summed E-state index contributed by atoms with van der Waals surface area (Å²) in [6.07, 6.45) is 8.53. The van der Waals surface area contributed by atoms with Crippen LogP contribution < -0.4 is 0 Å². The number of amides is 1. The van der Waals surface area contributed by atoms with Crippen LogP contribution in [-0.4, -0.2) is 31.8 Å². The molecule has 1 atom stereocenters. The number of benzene rings is 1. The smallest absolute Gasteiger partial charge is 0.254 e. The van der Waals surface area contributed by atoms with E-state index in [0.29, 0.717) is 12.1 Å². The minimum Gasteiger partial charge on any atom is -0.347 e. The second-order valence-corrected chi connectivity index (χ2v) is 6.12. The van der Waals surface area contributed by atoms with E-state index in [-0.39, 0.29) is 11.9 Å². The minimum atomic E-state index is 0.0116. The lowest BCUT2D eigenvalue weighted by atomic mass is 10.0. The Bertz CT molecular complexity index is 772. The van der Waals surface area contributed by atoms with Gasteiger partial charge in [-0.2, -0.15) is 0 Å². The van der Waals surface area contributed by atoms with Crippen LogP contribution in [0.25, 0.3) is 0 Å². The average Bonchev–Trinajstić information content (AvgIpc) is 3.18. The molecule has 1 aromatic carbocycles. The molecule has 0 aliphatic heterocycles. The van der Waals surface area contributed by atoms with Crippen LogP contribution in [0.2, 0.25) is 0 Å². The molecule has 128 valence electrons. The highest BCUT2D eigenvalue weighted by molar-refractivity contribution is 5.94. The lowest BCUT2D eigenvalue weighted by molar-refractivity contribution is 0.0665. The highest BCUT2D eigenvalue weighted by Gasteiger charge is 2.22. The summed E-state index contributed by atoms with van der Waals surface area (Å²) >= 11 is 0. The number of hydrogen-bond donors (Lipinski definition) is 1. The van der Waals surface area contributed by atoms with Gasteiger partial charge in [-0.1, -0.05) is 30.3 Å². The predicted molar refractivity (Wildman–Crippen MR) is 96.9 cm³/mol. The molecule has 1 unspecified atom stereocenters. The van der Waals surface area contributed by atoms with Crippen molar-refractivity contribution in [3.05, 3.63) is 84.2 Å². The van der Waals surface area contributed by atoms with E-state index in [0.717, 1.165) is 18.5 Å². The molecule has 5 heteroatoms. The summed E-state index contributed by atoms with van der Waals surface area (Å²) in [6, 6.07) is 14.0. The molecule has 0 saturated heterocycles. The number of carbonyl (C=O) groups excluding carboxylic acids is 1. The van der Waals surface area contributed by atoms with Gasteiger partial charge in [-0.3, -0.25) is 9.78 Å². The van der Waals surface area contributed by atoms with Gasteiger partial charge in [0.1, 0.15) is 0 Å². The molecule has 0 aliphatic carbocycles. The molecular weight excluding hydrogens is 312 g/mol. The van der Waals surface area contributed by atoms with Crippen LogP contribution in [0.3, 0.4) is 0 Å². The maximum Gasteiger partial charge on any atom is 0.254 e. The summed E-state index contributed by atoms with van der Waals surface area (Å²) in [6.45, 7) is 2.61. The monoisotopic (exact) mass is 334 g/mol. The zero-order chi connectivity index (χ0) is 17.5. The van der Waals surface area contributed by atoms with Crippen molar-refractivity contribution < 1.29 is 4.79 Å². The molecule has 0 aliphatic rings. The molecule has 3 aromatic rings. The lowest BCUT2D eigenvalue weighted by Crippen LogP contribution is -2.38. The Labute approximate surface area is 147 Å². The van der Waals surface area contributed by atoms with Crippen LogP contribution in [0.1, 0.15) is 35.0 Å². The highest BCUT2D eigenvalue weighted by atomic mass is 16.2. The molecule has 3 rings (SSSR count). The summed E-state index contributed by atoms with van der Waals surface area (Å²) in [7, 11) is 0. The molecule has 0 bridgehead atoms. The second-order valence-electron chi connectivity index (χ2n) is 6.12. The number of imidazole rings is 1. The molecule has 0 spiro atoms. The van der Waals surface area contributed by atoms with Gasteiger partial charge in [-0.25, -0.2) is 4.98 Å². The fraction of sp³-hybridized carbons (Fsp3) is 0.250. The van der Waals surface area contributed by atoms with Crippen molar-refractivity contribution in [2.24, 2.45) is 0 Å². The van der Waals surface area contributed by atoms with Gasteiger partial charge in [0.05, 0.1) is 18.6 Å². The largest absolute Gasteiger partial charge is 0.347 e. The fourth-order valence-corrected chi connectivity index (χ4v) is 2.82. The SMILES string of the molecule is CC(CCc1ccccc1)N(Cc1cnc[nH]1)C(=O)c1ccncc1. The zero-order valence-electron chi connectivity index (χ0n) is 14.3. The van der Waals surface area contributed by atoms with Gasteiger partial charge in [0.15, 0.2) is 0 Å². The maximum absolute atomic E-state index is 13.0. The fourth-order valence-electron chi connectivity index (χ4n) is 2.82. The summed E-state index contributed by atoms with van der Waals surface area (Å²) in [5.74, 6) is 0.0116. The van der Waals surface area contributed by atoms with E-state index in [4.69, 9.17) is 0 Å². The first-order chi connectivity index (χ1) is 12.2. The molecule has 25 heavy (non-hydrogen) atoms. The molecule has 2 heterocycles. The van der Waals surface area contributed by atoms with Crippen LogP contribution >= 0.6 is 0 Å². The lowest BCUT2D eigenvalue weighted by Gasteiger charge is -2.29. The molecule has 1 amide bonds. The van der Waals surface area contributed by atoms with Gasteiger partial charge >= 0.3 is 0 Å². The number of aryl methyl sites for hydroxylation is 1. The number of carbonyl (C=O) groups is 1. The van der Waals surface area contributed by atoms with Gasteiger partial charge in [-0.15, -0.1) is 0 Å². The predicted octanol–water partition coefficient (Wildman–Crippen LogP) is 3.47. The van der Waals surface area contributed by atoms with Gasteiger partial charge < -0.3 is 9.88 Å². The number of rotatable bonds is 7. The van der Waals surface area contributed by atoms with Crippen molar-refractivity contribution in [1.82, 2.24) is 19.9 Å². The number of nitrogens with zero attached hydrogens (tertiary/aromatic N) is 3. The van der Waals surface area contributed by atoms with Gasteiger partial charge in [0, 0.05) is 30.2 Å². The minimum absolute atomic E-state index is 0.0116. The third-order valence-electron chi connectivity index (χ3n) is 4.31.